The third-order valence-corrected chi connectivity index (χ3v) is 3.69. The van der Waals surface area contributed by atoms with Crippen molar-refractivity contribution < 1.29 is 8.42 Å². The summed E-state index contributed by atoms with van der Waals surface area (Å²) < 4.78 is 22.1. The summed E-state index contributed by atoms with van der Waals surface area (Å²) in [6.45, 7) is 5.38. The molecule has 0 aliphatic rings. The Labute approximate surface area is 81.8 Å². The van der Waals surface area contributed by atoms with E-state index < -0.39 is 9.84 Å². The van der Waals surface area contributed by atoms with E-state index in [0.717, 1.165) is 13.0 Å². The molecule has 0 rings (SSSR count). The highest BCUT2D eigenvalue weighted by Crippen LogP contribution is 1.91. The number of hydrogen-bond donors (Lipinski definition) is 1. The molecule has 0 aromatic carbocycles. The molecule has 80 valence electrons. The summed E-state index contributed by atoms with van der Waals surface area (Å²) >= 11 is 0. The molecule has 13 heavy (non-hydrogen) atoms. The van der Waals surface area contributed by atoms with Gasteiger partial charge >= 0.3 is 0 Å². The van der Waals surface area contributed by atoms with Gasteiger partial charge in [0.15, 0.2) is 9.84 Å². The van der Waals surface area contributed by atoms with E-state index in [9.17, 15) is 8.42 Å². The van der Waals surface area contributed by atoms with Crippen LogP contribution in [0.3, 0.4) is 0 Å². The van der Waals surface area contributed by atoms with Gasteiger partial charge in [-0.3, -0.25) is 0 Å². The standard InChI is InChI=1S/C9H21NO2S/c1-3-5-6-7-10-8-9-13(11,12)4-2/h10H,3-9H2,1-2H3. The first-order chi connectivity index (χ1) is 6.12. The van der Waals surface area contributed by atoms with Crippen LogP contribution in [0, 0.1) is 0 Å². The monoisotopic (exact) mass is 207 g/mol. The Morgan fingerprint density at radius 1 is 1.08 bits per heavy atom. The first kappa shape index (κ1) is 12.9. The maximum Gasteiger partial charge on any atom is 0.151 e. The van der Waals surface area contributed by atoms with Crippen molar-refractivity contribution in [3.05, 3.63) is 0 Å². The molecule has 0 aliphatic heterocycles. The van der Waals surface area contributed by atoms with Gasteiger partial charge in [0.1, 0.15) is 0 Å². The van der Waals surface area contributed by atoms with Crippen LogP contribution in [-0.4, -0.2) is 33.0 Å². The van der Waals surface area contributed by atoms with Gasteiger partial charge < -0.3 is 5.32 Å². The van der Waals surface area contributed by atoms with Gasteiger partial charge in [0, 0.05) is 12.3 Å². The lowest BCUT2D eigenvalue weighted by Gasteiger charge is -2.03. The summed E-state index contributed by atoms with van der Waals surface area (Å²) in [7, 11) is -2.77. The average molecular weight is 207 g/mol. The van der Waals surface area contributed by atoms with E-state index in [-0.39, 0.29) is 11.5 Å². The second-order valence-electron chi connectivity index (χ2n) is 3.19. The van der Waals surface area contributed by atoms with Crippen LogP contribution in [0.1, 0.15) is 33.1 Å². The molecule has 0 saturated carbocycles. The quantitative estimate of drug-likeness (QED) is 0.608. The van der Waals surface area contributed by atoms with E-state index in [1.54, 1.807) is 6.92 Å². The van der Waals surface area contributed by atoms with Gasteiger partial charge in [0.05, 0.1) is 5.75 Å². The highest BCUT2D eigenvalue weighted by Gasteiger charge is 2.05. The molecule has 0 aliphatic carbocycles. The van der Waals surface area contributed by atoms with Crippen molar-refractivity contribution in [3.63, 3.8) is 0 Å². The first-order valence-electron chi connectivity index (χ1n) is 5.03. The first-order valence-corrected chi connectivity index (χ1v) is 6.85. The number of rotatable bonds is 8. The number of nitrogens with one attached hydrogen (secondary N) is 1. The fourth-order valence-corrected chi connectivity index (χ4v) is 1.74. The number of sulfone groups is 1. The van der Waals surface area contributed by atoms with Crippen molar-refractivity contribution in [2.75, 3.05) is 24.6 Å². The van der Waals surface area contributed by atoms with Crippen molar-refractivity contribution in [1.82, 2.24) is 5.32 Å². The van der Waals surface area contributed by atoms with Gasteiger partial charge in [-0.25, -0.2) is 8.42 Å². The Hall–Kier alpha value is -0.0900. The molecule has 0 amide bonds. The molecule has 3 nitrogen and oxygen atoms in total. The van der Waals surface area contributed by atoms with Gasteiger partial charge in [0.25, 0.3) is 0 Å². The van der Waals surface area contributed by atoms with Crippen LogP contribution in [-0.2, 0) is 9.84 Å². The van der Waals surface area contributed by atoms with Crippen LogP contribution in [0.4, 0.5) is 0 Å². The topological polar surface area (TPSA) is 46.2 Å². The van der Waals surface area contributed by atoms with Crippen LogP contribution in [0.25, 0.3) is 0 Å². The summed E-state index contributed by atoms with van der Waals surface area (Å²) in [4.78, 5) is 0. The molecule has 0 aromatic rings. The third-order valence-electron chi connectivity index (χ3n) is 1.99. The predicted molar refractivity (Wildman–Crippen MR) is 56.7 cm³/mol. The number of hydrogen-bond acceptors (Lipinski definition) is 3. The molecule has 0 radical (unpaired) electrons. The van der Waals surface area contributed by atoms with E-state index >= 15 is 0 Å². The van der Waals surface area contributed by atoms with Crippen LogP contribution in [0.15, 0.2) is 0 Å². The summed E-state index contributed by atoms with van der Waals surface area (Å²) in [5, 5.41) is 3.13. The zero-order chi connectivity index (χ0) is 10.2. The maximum atomic E-state index is 11.0. The zero-order valence-corrected chi connectivity index (χ0v) is 9.49. The highest BCUT2D eigenvalue weighted by molar-refractivity contribution is 7.91. The summed E-state index contributed by atoms with van der Waals surface area (Å²) in [5.74, 6) is 0.527. The number of unbranched alkanes of at least 4 members (excludes halogenated alkanes) is 2. The Morgan fingerprint density at radius 2 is 1.77 bits per heavy atom. The van der Waals surface area contributed by atoms with Crippen LogP contribution in [0.5, 0.6) is 0 Å². The third kappa shape index (κ3) is 8.25. The average Bonchev–Trinajstić information content (AvgIpc) is 2.11. The molecule has 0 spiro atoms. The summed E-state index contributed by atoms with van der Waals surface area (Å²) in [6.07, 6.45) is 3.56. The van der Waals surface area contributed by atoms with Gasteiger partial charge in [-0.2, -0.15) is 0 Å². The van der Waals surface area contributed by atoms with Crippen molar-refractivity contribution in [3.8, 4) is 0 Å². The van der Waals surface area contributed by atoms with Gasteiger partial charge in [0.2, 0.25) is 0 Å². The molecule has 0 bridgehead atoms. The minimum atomic E-state index is -2.77. The van der Waals surface area contributed by atoms with Gasteiger partial charge in [-0.05, 0) is 13.0 Å². The molecule has 1 N–H and O–H groups in total. The fourth-order valence-electron chi connectivity index (χ4n) is 0.997. The lowest BCUT2D eigenvalue weighted by atomic mass is 10.2. The van der Waals surface area contributed by atoms with Crippen LogP contribution in [0.2, 0.25) is 0 Å². The molecular weight excluding hydrogens is 186 g/mol. The molecule has 4 heteroatoms. The van der Waals surface area contributed by atoms with E-state index in [4.69, 9.17) is 0 Å². The Bertz CT molecular complexity index is 200. The second kappa shape index (κ2) is 7.33. The Balaban J connectivity index is 3.26. The lowest BCUT2D eigenvalue weighted by Crippen LogP contribution is -2.24. The second-order valence-corrected chi connectivity index (χ2v) is 5.67. The van der Waals surface area contributed by atoms with Crippen molar-refractivity contribution in [1.29, 1.82) is 0 Å². The molecule has 0 heterocycles. The van der Waals surface area contributed by atoms with Gasteiger partial charge in [-0.1, -0.05) is 26.7 Å². The van der Waals surface area contributed by atoms with Crippen LogP contribution < -0.4 is 5.32 Å². The molecule has 0 aromatic heterocycles. The van der Waals surface area contributed by atoms with Crippen molar-refractivity contribution in [2.24, 2.45) is 0 Å². The summed E-state index contributed by atoms with van der Waals surface area (Å²) in [6, 6.07) is 0. The van der Waals surface area contributed by atoms with E-state index in [2.05, 4.69) is 12.2 Å². The molecule has 0 unspecified atom stereocenters. The van der Waals surface area contributed by atoms with Crippen molar-refractivity contribution in [2.45, 2.75) is 33.1 Å². The van der Waals surface area contributed by atoms with E-state index in [1.807, 2.05) is 0 Å². The van der Waals surface area contributed by atoms with E-state index in [1.165, 1.54) is 12.8 Å². The molecule has 0 fully saturated rings. The lowest BCUT2D eigenvalue weighted by molar-refractivity contribution is 0.587. The Kier molecular flexibility index (Phi) is 7.28. The molecule has 0 atom stereocenters. The van der Waals surface area contributed by atoms with E-state index in [0.29, 0.717) is 6.54 Å². The highest BCUT2D eigenvalue weighted by atomic mass is 32.2. The van der Waals surface area contributed by atoms with Crippen molar-refractivity contribution >= 4 is 9.84 Å². The minimum Gasteiger partial charge on any atom is -0.316 e. The SMILES string of the molecule is CCCCCNCCS(=O)(=O)CC. The largest absolute Gasteiger partial charge is 0.316 e. The van der Waals surface area contributed by atoms with Crippen LogP contribution >= 0.6 is 0 Å². The molecular formula is C9H21NO2S. The minimum absolute atomic E-state index is 0.254. The van der Waals surface area contributed by atoms with Gasteiger partial charge in [-0.15, -0.1) is 0 Å². The molecule has 0 saturated heterocycles. The summed E-state index contributed by atoms with van der Waals surface area (Å²) in [5.41, 5.74) is 0. The predicted octanol–water partition coefficient (Wildman–Crippen LogP) is 1.20. The Morgan fingerprint density at radius 3 is 2.31 bits per heavy atom. The maximum absolute atomic E-state index is 11.0. The zero-order valence-electron chi connectivity index (χ0n) is 8.67. The smallest absolute Gasteiger partial charge is 0.151 e. The fraction of sp³-hybridized carbons (Fsp3) is 1.00. The normalized spacial score (nSPS) is 11.8.